The van der Waals surface area contributed by atoms with E-state index in [0.29, 0.717) is 5.82 Å². The van der Waals surface area contributed by atoms with Crippen molar-refractivity contribution < 1.29 is 0 Å². The highest BCUT2D eigenvalue weighted by molar-refractivity contribution is 5.89. The fourth-order valence-corrected chi connectivity index (χ4v) is 4.03. The molecule has 0 amide bonds. The van der Waals surface area contributed by atoms with Crippen LogP contribution in [0.3, 0.4) is 0 Å². The van der Waals surface area contributed by atoms with Crippen molar-refractivity contribution >= 4 is 33.6 Å². The van der Waals surface area contributed by atoms with Crippen molar-refractivity contribution in [3.05, 3.63) is 90.5 Å². The lowest BCUT2D eigenvalue weighted by Crippen LogP contribution is -2.06. The molecule has 0 unspecified atom stereocenters. The highest BCUT2D eigenvalue weighted by Crippen LogP contribution is 2.27. The SMILES string of the molecule is Cc1cc(Nc2ncnc3c2cnn3-c2ccccc2)n(-c2cc(C)c3ccccc3n2)n1. The summed E-state index contributed by atoms with van der Waals surface area (Å²) in [5.41, 5.74) is 4.61. The Kier molecular flexibility index (Phi) is 4.36. The predicted molar refractivity (Wildman–Crippen MR) is 128 cm³/mol. The van der Waals surface area contributed by atoms with Gasteiger partial charge in [0.05, 0.1) is 28.5 Å². The van der Waals surface area contributed by atoms with Crippen LogP contribution in [0.2, 0.25) is 0 Å². The van der Waals surface area contributed by atoms with Crippen LogP contribution in [0.15, 0.2) is 79.3 Å². The lowest BCUT2D eigenvalue weighted by Gasteiger charge is -2.11. The molecule has 0 aliphatic rings. The normalized spacial score (nSPS) is 11.3. The monoisotopic (exact) mass is 432 g/mol. The molecular weight excluding hydrogens is 412 g/mol. The first-order chi connectivity index (χ1) is 16.2. The number of aryl methyl sites for hydroxylation is 2. The molecular formula is C25H20N8. The van der Waals surface area contributed by atoms with Crippen LogP contribution >= 0.6 is 0 Å². The number of pyridine rings is 1. The van der Waals surface area contributed by atoms with Crippen molar-refractivity contribution in [1.82, 2.24) is 34.5 Å². The van der Waals surface area contributed by atoms with Crippen LogP contribution in [0.5, 0.6) is 0 Å². The number of benzene rings is 2. The van der Waals surface area contributed by atoms with Crippen LogP contribution in [0.25, 0.3) is 33.4 Å². The first-order valence-corrected chi connectivity index (χ1v) is 10.6. The average Bonchev–Trinajstić information content (AvgIpc) is 3.44. The van der Waals surface area contributed by atoms with Crippen molar-refractivity contribution in [2.24, 2.45) is 0 Å². The van der Waals surface area contributed by atoms with E-state index in [-0.39, 0.29) is 0 Å². The molecule has 0 bridgehead atoms. The summed E-state index contributed by atoms with van der Waals surface area (Å²) < 4.78 is 3.61. The van der Waals surface area contributed by atoms with Gasteiger partial charge >= 0.3 is 0 Å². The second-order valence-corrected chi connectivity index (χ2v) is 7.87. The lowest BCUT2D eigenvalue weighted by molar-refractivity contribution is 0.842. The zero-order chi connectivity index (χ0) is 22.4. The van der Waals surface area contributed by atoms with Crippen LogP contribution in [-0.4, -0.2) is 34.5 Å². The molecule has 33 heavy (non-hydrogen) atoms. The van der Waals surface area contributed by atoms with E-state index in [1.54, 1.807) is 10.9 Å². The van der Waals surface area contributed by atoms with Crippen molar-refractivity contribution in [1.29, 1.82) is 0 Å². The molecule has 160 valence electrons. The molecule has 0 radical (unpaired) electrons. The maximum Gasteiger partial charge on any atom is 0.168 e. The summed E-state index contributed by atoms with van der Waals surface area (Å²) >= 11 is 0. The van der Waals surface area contributed by atoms with E-state index in [9.17, 15) is 0 Å². The Bertz CT molecular complexity index is 1610. The molecule has 4 heterocycles. The van der Waals surface area contributed by atoms with Crippen LogP contribution in [-0.2, 0) is 0 Å². The van der Waals surface area contributed by atoms with Crippen LogP contribution < -0.4 is 5.32 Å². The Hall–Kier alpha value is -4.59. The lowest BCUT2D eigenvalue weighted by atomic mass is 10.1. The van der Waals surface area contributed by atoms with Gasteiger partial charge in [0.2, 0.25) is 0 Å². The summed E-state index contributed by atoms with van der Waals surface area (Å²) in [6, 6.07) is 22.0. The third kappa shape index (κ3) is 3.28. The highest BCUT2D eigenvalue weighted by Gasteiger charge is 2.15. The minimum Gasteiger partial charge on any atom is -0.324 e. The van der Waals surface area contributed by atoms with Gasteiger partial charge in [0.15, 0.2) is 11.5 Å². The van der Waals surface area contributed by atoms with E-state index in [1.807, 2.05) is 72.3 Å². The number of hydrogen-bond donors (Lipinski definition) is 1. The molecule has 0 saturated heterocycles. The Morgan fingerprint density at radius 2 is 1.64 bits per heavy atom. The average molecular weight is 432 g/mol. The maximum absolute atomic E-state index is 4.84. The number of nitrogens with zero attached hydrogens (tertiary/aromatic N) is 7. The third-order valence-electron chi connectivity index (χ3n) is 5.57. The molecule has 0 fully saturated rings. The van der Waals surface area contributed by atoms with E-state index >= 15 is 0 Å². The summed E-state index contributed by atoms with van der Waals surface area (Å²) in [4.78, 5) is 13.8. The van der Waals surface area contributed by atoms with Crippen LogP contribution in [0.4, 0.5) is 11.6 Å². The van der Waals surface area contributed by atoms with Crippen molar-refractivity contribution in [2.75, 3.05) is 5.32 Å². The fourth-order valence-electron chi connectivity index (χ4n) is 4.03. The molecule has 8 heteroatoms. The topological polar surface area (TPSA) is 86.3 Å². The molecule has 4 aromatic heterocycles. The summed E-state index contributed by atoms with van der Waals surface area (Å²) in [5, 5.41) is 14.6. The summed E-state index contributed by atoms with van der Waals surface area (Å²) in [7, 11) is 0. The molecule has 1 N–H and O–H groups in total. The minimum atomic E-state index is 0.654. The molecule has 6 aromatic rings. The molecule has 8 nitrogen and oxygen atoms in total. The Labute approximate surface area is 189 Å². The number of fused-ring (bicyclic) bond motifs is 2. The molecule has 0 aliphatic heterocycles. The van der Waals surface area contributed by atoms with Gasteiger partial charge in [-0.1, -0.05) is 36.4 Å². The first-order valence-electron chi connectivity index (χ1n) is 10.6. The highest BCUT2D eigenvalue weighted by atomic mass is 15.4. The van der Waals surface area contributed by atoms with Gasteiger partial charge in [-0.05, 0) is 43.7 Å². The zero-order valence-electron chi connectivity index (χ0n) is 18.1. The summed E-state index contributed by atoms with van der Waals surface area (Å²) in [6.07, 6.45) is 3.31. The van der Waals surface area contributed by atoms with Gasteiger partial charge in [0, 0.05) is 11.5 Å². The number of aromatic nitrogens is 7. The van der Waals surface area contributed by atoms with Crippen LogP contribution in [0.1, 0.15) is 11.3 Å². The van der Waals surface area contributed by atoms with E-state index < -0.39 is 0 Å². The minimum absolute atomic E-state index is 0.654. The van der Waals surface area contributed by atoms with Gasteiger partial charge in [0.25, 0.3) is 0 Å². The number of nitrogens with one attached hydrogen (secondary N) is 1. The molecule has 0 atom stereocenters. The third-order valence-corrected chi connectivity index (χ3v) is 5.57. The van der Waals surface area contributed by atoms with Crippen LogP contribution in [0, 0.1) is 13.8 Å². The van der Waals surface area contributed by atoms with Crippen molar-refractivity contribution in [3.63, 3.8) is 0 Å². The maximum atomic E-state index is 4.84. The van der Waals surface area contributed by atoms with Gasteiger partial charge in [-0.15, -0.1) is 0 Å². The molecule has 6 rings (SSSR count). The quantitative estimate of drug-likeness (QED) is 0.426. The smallest absolute Gasteiger partial charge is 0.168 e. The molecule has 2 aromatic carbocycles. The van der Waals surface area contributed by atoms with E-state index in [2.05, 4.69) is 38.5 Å². The van der Waals surface area contributed by atoms with Gasteiger partial charge in [-0.2, -0.15) is 14.9 Å². The zero-order valence-corrected chi connectivity index (χ0v) is 18.1. The Morgan fingerprint density at radius 3 is 2.52 bits per heavy atom. The summed E-state index contributed by atoms with van der Waals surface area (Å²) in [6.45, 7) is 4.04. The second-order valence-electron chi connectivity index (χ2n) is 7.87. The summed E-state index contributed by atoms with van der Waals surface area (Å²) in [5.74, 6) is 2.16. The Balaban J connectivity index is 1.44. The van der Waals surface area contributed by atoms with Gasteiger partial charge in [-0.25, -0.2) is 19.6 Å². The van der Waals surface area contributed by atoms with Crippen molar-refractivity contribution in [3.8, 4) is 11.5 Å². The molecule has 0 aliphatic carbocycles. The van der Waals surface area contributed by atoms with Gasteiger partial charge in [-0.3, -0.25) is 0 Å². The predicted octanol–water partition coefficient (Wildman–Crippen LogP) is 4.91. The fraction of sp³-hybridized carbons (Fsp3) is 0.0800. The molecule has 0 spiro atoms. The van der Waals surface area contributed by atoms with Gasteiger partial charge < -0.3 is 5.32 Å². The largest absolute Gasteiger partial charge is 0.324 e. The first kappa shape index (κ1) is 19.1. The standard InChI is InChI=1S/C25H20N8/c1-16-12-22(29-21-11-7-6-10-19(16)21)33-23(13-17(2)31-33)30-24-20-14-28-32(25(20)27-15-26-24)18-8-4-3-5-9-18/h3-15H,1-2H3,(H,26,27,30). The van der Waals surface area contributed by atoms with E-state index in [0.717, 1.165) is 50.5 Å². The molecule has 0 saturated carbocycles. The number of hydrogen-bond acceptors (Lipinski definition) is 6. The number of rotatable bonds is 4. The van der Waals surface area contributed by atoms with E-state index in [1.165, 1.54) is 6.33 Å². The van der Waals surface area contributed by atoms with Crippen molar-refractivity contribution in [2.45, 2.75) is 13.8 Å². The van der Waals surface area contributed by atoms with Gasteiger partial charge in [0.1, 0.15) is 18.0 Å². The second kappa shape index (κ2) is 7.52. The number of para-hydroxylation sites is 2. The number of anilines is 2. The van der Waals surface area contributed by atoms with E-state index in [4.69, 9.17) is 4.98 Å². The Morgan fingerprint density at radius 1 is 0.818 bits per heavy atom.